The summed E-state index contributed by atoms with van der Waals surface area (Å²) in [6.45, 7) is 4.38. The zero-order chi connectivity index (χ0) is 18.8. The summed E-state index contributed by atoms with van der Waals surface area (Å²) in [5, 5.41) is 0. The van der Waals surface area contributed by atoms with Crippen molar-refractivity contribution in [1.82, 2.24) is 14.5 Å². The van der Waals surface area contributed by atoms with Crippen molar-refractivity contribution in [1.29, 1.82) is 0 Å². The molecule has 0 amide bonds. The molecule has 27 heavy (non-hydrogen) atoms. The number of nitrogens with one attached hydrogen (secondary N) is 1. The topological polar surface area (TPSA) is 67.3 Å². The summed E-state index contributed by atoms with van der Waals surface area (Å²) >= 11 is 0. The van der Waals surface area contributed by atoms with Crippen LogP contribution in [0.25, 0.3) is 11.0 Å². The molecule has 2 fully saturated rings. The van der Waals surface area contributed by atoms with Crippen LogP contribution in [0.5, 0.6) is 0 Å². The average molecular weight is 371 g/mol. The fourth-order valence-corrected chi connectivity index (χ4v) is 4.88. The third-order valence-electron chi connectivity index (χ3n) is 6.32. The Balaban J connectivity index is 1.35. The number of imidazole rings is 1. The number of piperidine rings is 1. The second-order valence-electron chi connectivity index (χ2n) is 7.84. The number of aromatic amines is 1. The Morgan fingerprint density at radius 1 is 1.07 bits per heavy atom. The van der Waals surface area contributed by atoms with Crippen LogP contribution in [0.3, 0.4) is 0 Å². The molecule has 2 aromatic rings. The molecule has 0 radical (unpaired) electrons. The molecule has 0 unspecified atom stereocenters. The first kappa shape index (κ1) is 18.3. The number of carbonyl (C=O) groups is 1. The number of rotatable bonds is 4. The molecule has 6 nitrogen and oxygen atoms in total. The van der Waals surface area contributed by atoms with Crippen LogP contribution in [0.15, 0.2) is 29.1 Å². The molecule has 146 valence electrons. The summed E-state index contributed by atoms with van der Waals surface area (Å²) in [5.74, 6) is 0.0666. The molecular formula is C21H29N3O3. The number of aromatic nitrogens is 2. The van der Waals surface area contributed by atoms with Gasteiger partial charge in [0.25, 0.3) is 0 Å². The molecular weight excluding hydrogens is 342 g/mol. The van der Waals surface area contributed by atoms with Crippen molar-refractivity contribution >= 4 is 17.0 Å². The van der Waals surface area contributed by atoms with Crippen molar-refractivity contribution in [2.24, 2.45) is 5.92 Å². The zero-order valence-corrected chi connectivity index (χ0v) is 16.0. The van der Waals surface area contributed by atoms with Gasteiger partial charge in [-0.25, -0.2) is 4.79 Å². The molecule has 0 atom stereocenters. The lowest BCUT2D eigenvalue weighted by atomic mass is 9.84. The summed E-state index contributed by atoms with van der Waals surface area (Å²) < 4.78 is 7.12. The maximum atomic E-state index is 12.4. The lowest BCUT2D eigenvalue weighted by Crippen LogP contribution is -2.44. The zero-order valence-electron chi connectivity index (χ0n) is 16.0. The van der Waals surface area contributed by atoms with Crippen molar-refractivity contribution in [3.63, 3.8) is 0 Å². The van der Waals surface area contributed by atoms with Gasteiger partial charge in [0.15, 0.2) is 0 Å². The minimum atomic E-state index is -0.0200. The fraction of sp³-hybridized carbons (Fsp3) is 0.619. The largest absolute Gasteiger partial charge is 0.466 e. The molecule has 1 aliphatic carbocycles. The highest BCUT2D eigenvalue weighted by molar-refractivity contribution is 5.75. The van der Waals surface area contributed by atoms with Gasteiger partial charge in [0.2, 0.25) is 0 Å². The van der Waals surface area contributed by atoms with Gasteiger partial charge < -0.3 is 14.6 Å². The van der Waals surface area contributed by atoms with E-state index < -0.39 is 0 Å². The third kappa shape index (κ3) is 3.68. The van der Waals surface area contributed by atoms with E-state index in [0.717, 1.165) is 62.6 Å². The Kier molecular flexibility index (Phi) is 5.34. The van der Waals surface area contributed by atoms with Crippen LogP contribution >= 0.6 is 0 Å². The first-order valence-electron chi connectivity index (χ1n) is 10.3. The minimum absolute atomic E-state index is 0.00425. The predicted octanol–water partition coefficient (Wildman–Crippen LogP) is 3.09. The summed E-state index contributed by atoms with van der Waals surface area (Å²) in [7, 11) is 0. The molecule has 1 aromatic carbocycles. The molecule has 6 heteroatoms. The lowest BCUT2D eigenvalue weighted by Gasteiger charge is -2.40. The molecule has 1 aliphatic heterocycles. The van der Waals surface area contributed by atoms with Gasteiger partial charge in [0.05, 0.1) is 23.6 Å². The number of benzene rings is 1. The van der Waals surface area contributed by atoms with Crippen LogP contribution in [-0.2, 0) is 9.53 Å². The summed E-state index contributed by atoms with van der Waals surface area (Å²) in [5.41, 5.74) is 1.93. The van der Waals surface area contributed by atoms with E-state index in [9.17, 15) is 9.59 Å². The standard InChI is InChI=1S/C21H29N3O3/c1-2-27-20(25)15-7-9-16(10-8-15)23-13-11-17(12-14-23)24-19-6-4-3-5-18(19)22-21(24)26/h3-6,15-17H,2,7-14H2,1H3,(H,22,26). The van der Waals surface area contributed by atoms with Crippen LogP contribution < -0.4 is 5.69 Å². The highest BCUT2D eigenvalue weighted by Crippen LogP contribution is 2.32. The number of H-pyrrole nitrogens is 1. The van der Waals surface area contributed by atoms with E-state index in [0.29, 0.717) is 12.6 Å². The van der Waals surface area contributed by atoms with Crippen molar-refractivity contribution in [3.05, 3.63) is 34.7 Å². The molecule has 1 aromatic heterocycles. The molecule has 1 saturated heterocycles. The molecule has 1 saturated carbocycles. The molecule has 2 aliphatic rings. The number of esters is 1. The van der Waals surface area contributed by atoms with E-state index in [1.165, 1.54) is 0 Å². The second kappa shape index (κ2) is 7.89. The first-order chi connectivity index (χ1) is 13.2. The van der Waals surface area contributed by atoms with E-state index in [-0.39, 0.29) is 23.6 Å². The number of carbonyl (C=O) groups excluding carboxylic acids is 1. The highest BCUT2D eigenvalue weighted by Gasteiger charge is 2.32. The van der Waals surface area contributed by atoms with E-state index in [1.54, 1.807) is 0 Å². The van der Waals surface area contributed by atoms with Crippen LogP contribution in [-0.4, -0.2) is 46.2 Å². The Morgan fingerprint density at radius 2 is 1.78 bits per heavy atom. The number of ether oxygens (including phenoxy) is 1. The third-order valence-corrected chi connectivity index (χ3v) is 6.32. The second-order valence-corrected chi connectivity index (χ2v) is 7.84. The van der Waals surface area contributed by atoms with E-state index in [1.807, 2.05) is 35.8 Å². The molecule has 4 rings (SSSR count). The molecule has 2 heterocycles. The number of hydrogen-bond acceptors (Lipinski definition) is 4. The van der Waals surface area contributed by atoms with E-state index >= 15 is 0 Å². The number of nitrogens with zero attached hydrogens (tertiary/aromatic N) is 2. The Hall–Kier alpha value is -2.08. The van der Waals surface area contributed by atoms with Gasteiger partial charge in [-0.2, -0.15) is 0 Å². The van der Waals surface area contributed by atoms with Gasteiger partial charge in [-0.15, -0.1) is 0 Å². The number of para-hydroxylation sites is 2. The highest BCUT2D eigenvalue weighted by atomic mass is 16.5. The van der Waals surface area contributed by atoms with E-state index in [2.05, 4.69) is 9.88 Å². The summed E-state index contributed by atoms with van der Waals surface area (Å²) in [4.78, 5) is 29.9. The summed E-state index contributed by atoms with van der Waals surface area (Å²) in [6, 6.07) is 8.76. The predicted molar refractivity (Wildman–Crippen MR) is 105 cm³/mol. The summed E-state index contributed by atoms with van der Waals surface area (Å²) in [6.07, 6.45) is 6.01. The smallest absolute Gasteiger partial charge is 0.326 e. The normalized spacial score (nSPS) is 24.9. The van der Waals surface area contributed by atoms with Crippen molar-refractivity contribution in [2.45, 2.75) is 57.5 Å². The monoisotopic (exact) mass is 371 g/mol. The van der Waals surface area contributed by atoms with Gasteiger partial charge in [0.1, 0.15) is 0 Å². The number of hydrogen-bond donors (Lipinski definition) is 1. The van der Waals surface area contributed by atoms with Crippen LogP contribution in [0, 0.1) is 5.92 Å². The van der Waals surface area contributed by atoms with Crippen LogP contribution in [0.1, 0.15) is 51.5 Å². The number of fused-ring (bicyclic) bond motifs is 1. The van der Waals surface area contributed by atoms with Crippen LogP contribution in [0.2, 0.25) is 0 Å². The molecule has 1 N–H and O–H groups in total. The van der Waals surface area contributed by atoms with E-state index in [4.69, 9.17) is 4.74 Å². The van der Waals surface area contributed by atoms with Crippen molar-refractivity contribution in [2.75, 3.05) is 19.7 Å². The van der Waals surface area contributed by atoms with Gasteiger partial charge in [-0.1, -0.05) is 12.1 Å². The van der Waals surface area contributed by atoms with Gasteiger partial charge >= 0.3 is 11.7 Å². The Labute approximate surface area is 159 Å². The Bertz CT molecular complexity index is 840. The molecule has 0 bridgehead atoms. The quantitative estimate of drug-likeness (QED) is 0.839. The van der Waals surface area contributed by atoms with Gasteiger partial charge in [-0.05, 0) is 57.6 Å². The average Bonchev–Trinajstić information content (AvgIpc) is 3.04. The maximum absolute atomic E-state index is 12.4. The first-order valence-corrected chi connectivity index (χ1v) is 10.3. The van der Waals surface area contributed by atoms with Crippen molar-refractivity contribution in [3.8, 4) is 0 Å². The lowest BCUT2D eigenvalue weighted by molar-refractivity contribution is -0.149. The molecule has 0 spiro atoms. The number of likely N-dealkylation sites (tertiary alicyclic amines) is 1. The van der Waals surface area contributed by atoms with Gasteiger partial charge in [0, 0.05) is 25.2 Å². The minimum Gasteiger partial charge on any atom is -0.466 e. The Morgan fingerprint density at radius 3 is 2.48 bits per heavy atom. The SMILES string of the molecule is CCOC(=O)C1CCC(N2CCC(n3c(=O)[nH]c4ccccc43)CC2)CC1. The maximum Gasteiger partial charge on any atom is 0.326 e. The fourth-order valence-electron chi connectivity index (χ4n) is 4.88. The van der Waals surface area contributed by atoms with Crippen LogP contribution in [0.4, 0.5) is 0 Å². The van der Waals surface area contributed by atoms with Crippen molar-refractivity contribution < 1.29 is 9.53 Å². The van der Waals surface area contributed by atoms with Gasteiger partial charge in [-0.3, -0.25) is 9.36 Å².